The molecular formula is C61H42N2. The van der Waals surface area contributed by atoms with Crippen molar-refractivity contribution in [3.05, 3.63) is 271 Å². The van der Waals surface area contributed by atoms with Crippen molar-refractivity contribution < 1.29 is 0 Å². The smallest absolute Gasteiger partial charge is 0.0726 e. The van der Waals surface area contributed by atoms with E-state index in [0.29, 0.717) is 5.92 Å². The Hall–Kier alpha value is -7.94. The zero-order chi connectivity index (χ0) is 41.5. The maximum atomic E-state index is 2.50. The van der Waals surface area contributed by atoms with Crippen LogP contribution in [0.4, 0.5) is 28.4 Å². The van der Waals surface area contributed by atoms with Crippen LogP contribution in [0, 0.1) is 0 Å². The van der Waals surface area contributed by atoms with E-state index in [9.17, 15) is 0 Å². The molecule has 0 radical (unpaired) electrons. The fourth-order valence-corrected chi connectivity index (χ4v) is 11.3. The van der Waals surface area contributed by atoms with Gasteiger partial charge in [0.25, 0.3) is 0 Å². The minimum Gasteiger partial charge on any atom is -0.333 e. The van der Waals surface area contributed by atoms with Gasteiger partial charge in [-0.05, 0) is 133 Å². The number of benzene rings is 9. The molecule has 2 unspecified atom stereocenters. The first-order valence-electron chi connectivity index (χ1n) is 22.1. The van der Waals surface area contributed by atoms with E-state index in [4.69, 9.17) is 0 Å². The number of nitrogens with zero attached hydrogens (tertiary/aromatic N) is 2. The maximum Gasteiger partial charge on any atom is 0.0726 e. The topological polar surface area (TPSA) is 6.48 Å². The van der Waals surface area contributed by atoms with Gasteiger partial charge < -0.3 is 9.80 Å². The molecule has 0 N–H and O–H groups in total. The quantitative estimate of drug-likeness (QED) is 0.165. The van der Waals surface area contributed by atoms with Gasteiger partial charge in [0.2, 0.25) is 0 Å². The van der Waals surface area contributed by atoms with Crippen molar-refractivity contribution in [2.45, 2.75) is 17.4 Å². The highest BCUT2D eigenvalue weighted by Crippen LogP contribution is 2.63. The lowest BCUT2D eigenvalue weighted by Crippen LogP contribution is -2.28. The van der Waals surface area contributed by atoms with Crippen molar-refractivity contribution in [3.8, 4) is 44.5 Å². The number of anilines is 5. The van der Waals surface area contributed by atoms with Gasteiger partial charge in [-0.1, -0.05) is 182 Å². The van der Waals surface area contributed by atoms with Crippen molar-refractivity contribution in [1.29, 1.82) is 0 Å². The van der Waals surface area contributed by atoms with Gasteiger partial charge in [0, 0.05) is 34.4 Å². The molecule has 1 spiro atoms. The molecule has 0 bridgehead atoms. The zero-order valence-electron chi connectivity index (χ0n) is 34.6. The second-order valence-electron chi connectivity index (χ2n) is 17.2. The Kier molecular flexibility index (Phi) is 7.98. The molecule has 3 aliphatic carbocycles. The molecule has 2 nitrogen and oxygen atoms in total. The summed E-state index contributed by atoms with van der Waals surface area (Å²) in [4.78, 5) is 4.93. The summed E-state index contributed by atoms with van der Waals surface area (Å²) >= 11 is 0. The van der Waals surface area contributed by atoms with E-state index >= 15 is 0 Å². The van der Waals surface area contributed by atoms with Crippen LogP contribution in [0.15, 0.2) is 243 Å². The summed E-state index contributed by atoms with van der Waals surface area (Å²) < 4.78 is 0. The van der Waals surface area contributed by atoms with Gasteiger partial charge in [-0.2, -0.15) is 0 Å². The average molecular weight is 803 g/mol. The summed E-state index contributed by atoms with van der Waals surface area (Å²) in [5.74, 6) is 0.298. The molecular weight excluding hydrogens is 761 g/mol. The molecule has 0 saturated heterocycles. The summed E-state index contributed by atoms with van der Waals surface area (Å²) in [7, 11) is 0. The van der Waals surface area contributed by atoms with Crippen LogP contribution < -0.4 is 9.80 Å². The fraction of sp³-hybridized carbons (Fsp3) is 0.0492. The van der Waals surface area contributed by atoms with Crippen LogP contribution in [0.1, 0.15) is 33.7 Å². The standard InChI is InChI=1S/C61H42N2/c1-3-15-41(16-4-1)42-27-32-46(33-28-42)62(47-34-29-43(30-35-47)44-31-38-60-54(39-44)53-22-10-14-26-59(53)63(60)45-17-5-2-6-18-45)48-36-37-52-51-21-9-13-25-57(51)61(58(52)40-48)55-23-11-7-19-49(55)50-20-8-12-24-56(50)61/h1-40,53,59H. The van der Waals surface area contributed by atoms with E-state index in [1.54, 1.807) is 0 Å². The number of allylic oxidation sites excluding steroid dienone is 2. The van der Waals surface area contributed by atoms with Crippen LogP contribution in [-0.4, -0.2) is 6.04 Å². The Balaban J connectivity index is 0.947. The van der Waals surface area contributed by atoms with E-state index in [1.165, 1.54) is 83.7 Å². The third kappa shape index (κ3) is 5.31. The van der Waals surface area contributed by atoms with Crippen molar-refractivity contribution in [1.82, 2.24) is 0 Å². The molecule has 0 fully saturated rings. The normalized spacial score (nSPS) is 16.5. The molecule has 1 heterocycles. The molecule has 1 aliphatic heterocycles. The third-order valence-corrected chi connectivity index (χ3v) is 14.0. The highest BCUT2D eigenvalue weighted by molar-refractivity contribution is 5.96. The average Bonchev–Trinajstić information content (AvgIpc) is 3.96. The predicted octanol–water partition coefficient (Wildman–Crippen LogP) is 15.6. The predicted molar refractivity (Wildman–Crippen MR) is 262 cm³/mol. The van der Waals surface area contributed by atoms with Crippen LogP contribution in [0.2, 0.25) is 0 Å². The van der Waals surface area contributed by atoms with Gasteiger partial charge in [0.1, 0.15) is 0 Å². The summed E-state index contributed by atoms with van der Waals surface area (Å²) in [5, 5.41) is 0. The van der Waals surface area contributed by atoms with Crippen molar-refractivity contribution in [2.24, 2.45) is 0 Å². The minimum absolute atomic E-state index is 0.261. The molecule has 63 heavy (non-hydrogen) atoms. The lowest BCUT2D eigenvalue weighted by atomic mass is 9.70. The number of rotatable bonds is 6. The van der Waals surface area contributed by atoms with E-state index in [2.05, 4.69) is 252 Å². The molecule has 9 aromatic rings. The maximum absolute atomic E-state index is 2.50. The first-order valence-corrected chi connectivity index (χ1v) is 22.1. The Bertz CT molecular complexity index is 3220. The third-order valence-electron chi connectivity index (χ3n) is 14.0. The summed E-state index contributed by atoms with van der Waals surface area (Å²) in [6.07, 6.45) is 9.10. The Labute approximate surface area is 369 Å². The van der Waals surface area contributed by atoms with Gasteiger partial charge in [0.05, 0.1) is 11.5 Å². The van der Waals surface area contributed by atoms with Gasteiger partial charge in [-0.3, -0.25) is 0 Å². The van der Waals surface area contributed by atoms with Crippen molar-refractivity contribution in [3.63, 3.8) is 0 Å². The minimum atomic E-state index is -0.423. The van der Waals surface area contributed by atoms with Crippen LogP contribution in [-0.2, 0) is 5.41 Å². The monoisotopic (exact) mass is 802 g/mol. The van der Waals surface area contributed by atoms with Crippen LogP contribution >= 0.6 is 0 Å². The lowest BCUT2D eigenvalue weighted by molar-refractivity contribution is 0.745. The molecule has 2 atom stereocenters. The molecule has 2 heteroatoms. The number of fused-ring (bicyclic) bond motifs is 13. The van der Waals surface area contributed by atoms with Crippen molar-refractivity contribution >= 4 is 28.4 Å². The molecule has 296 valence electrons. The van der Waals surface area contributed by atoms with Crippen LogP contribution in [0.3, 0.4) is 0 Å². The van der Waals surface area contributed by atoms with Crippen LogP contribution in [0.5, 0.6) is 0 Å². The Morgan fingerprint density at radius 1 is 0.365 bits per heavy atom. The summed E-state index contributed by atoms with van der Waals surface area (Å²) in [6.45, 7) is 0. The highest BCUT2D eigenvalue weighted by atomic mass is 15.2. The summed E-state index contributed by atoms with van der Waals surface area (Å²) in [5.41, 5.74) is 22.3. The molecule has 4 aliphatic rings. The molecule has 0 saturated carbocycles. The molecule has 0 amide bonds. The van der Waals surface area contributed by atoms with Gasteiger partial charge >= 0.3 is 0 Å². The number of hydrogen-bond donors (Lipinski definition) is 0. The van der Waals surface area contributed by atoms with Crippen LogP contribution in [0.25, 0.3) is 44.5 Å². The highest BCUT2D eigenvalue weighted by Gasteiger charge is 2.51. The molecule has 0 aromatic heterocycles. The molecule has 13 rings (SSSR count). The second kappa shape index (κ2) is 14.1. The van der Waals surface area contributed by atoms with Gasteiger partial charge in [-0.15, -0.1) is 0 Å². The largest absolute Gasteiger partial charge is 0.333 e. The Morgan fingerprint density at radius 2 is 0.841 bits per heavy atom. The van der Waals surface area contributed by atoms with E-state index in [0.717, 1.165) is 17.1 Å². The molecule has 9 aromatic carbocycles. The fourth-order valence-electron chi connectivity index (χ4n) is 11.3. The zero-order valence-corrected chi connectivity index (χ0v) is 34.6. The van der Waals surface area contributed by atoms with Gasteiger partial charge in [0.15, 0.2) is 0 Å². The van der Waals surface area contributed by atoms with Crippen molar-refractivity contribution in [2.75, 3.05) is 9.80 Å². The van der Waals surface area contributed by atoms with Gasteiger partial charge in [-0.25, -0.2) is 0 Å². The van der Waals surface area contributed by atoms with E-state index < -0.39 is 5.41 Å². The van der Waals surface area contributed by atoms with E-state index in [1.807, 2.05) is 0 Å². The number of para-hydroxylation sites is 1. The SMILES string of the molecule is C1=CC2c3cc(-c4ccc(N(c5ccc(-c6ccccc6)cc5)c5ccc6c(c5)C5(c7ccccc7-c7ccccc75)c5ccccc5-6)cc4)ccc3N(c3ccccc3)C2C=C1. The first kappa shape index (κ1) is 35.8. The Morgan fingerprint density at radius 3 is 1.46 bits per heavy atom. The lowest BCUT2D eigenvalue weighted by Gasteiger charge is -2.32. The first-order chi connectivity index (χ1) is 31.3. The summed E-state index contributed by atoms with van der Waals surface area (Å²) in [6, 6.07) is 81.3. The van der Waals surface area contributed by atoms with E-state index in [-0.39, 0.29) is 6.04 Å². The number of hydrogen-bond acceptors (Lipinski definition) is 2. The second-order valence-corrected chi connectivity index (χ2v) is 17.2.